The van der Waals surface area contributed by atoms with Crippen LogP contribution in [0, 0.1) is 23.7 Å². The van der Waals surface area contributed by atoms with E-state index in [1.807, 2.05) is 0 Å². The van der Waals surface area contributed by atoms with Crippen molar-refractivity contribution in [3.8, 4) is 23.7 Å². The number of rotatable bonds is 0. The molecule has 2 aliphatic rings. The second-order valence-electron chi connectivity index (χ2n) is 6.36. The summed E-state index contributed by atoms with van der Waals surface area (Å²) in [4.78, 5) is 0. The molecule has 0 fully saturated rings. The summed E-state index contributed by atoms with van der Waals surface area (Å²) in [6.45, 7) is 0. The van der Waals surface area contributed by atoms with Crippen LogP contribution in [0.3, 0.4) is 0 Å². The fraction of sp³-hybridized carbons (Fsp3) is 0.250. The minimum atomic E-state index is 0.916. The Morgan fingerprint density at radius 2 is 0.917 bits per heavy atom. The minimum absolute atomic E-state index is 0.916. The zero-order valence-corrected chi connectivity index (χ0v) is 13.9. The predicted molar refractivity (Wildman–Crippen MR) is 103 cm³/mol. The monoisotopic (exact) mass is 308 g/mol. The van der Waals surface area contributed by atoms with Gasteiger partial charge in [0, 0.05) is 12.8 Å². The molecule has 0 heteroatoms. The van der Waals surface area contributed by atoms with E-state index in [1.54, 1.807) is 0 Å². The van der Waals surface area contributed by atoms with E-state index in [1.165, 1.54) is 32.7 Å². The van der Waals surface area contributed by atoms with Gasteiger partial charge in [0.15, 0.2) is 0 Å². The highest BCUT2D eigenvalue weighted by Gasteiger charge is 2.12. The molecule has 0 N–H and O–H groups in total. The highest BCUT2D eigenvalue weighted by molar-refractivity contribution is 6.05. The third-order valence-electron chi connectivity index (χ3n) is 4.85. The number of hydrogen-bond acceptors (Lipinski definition) is 0. The van der Waals surface area contributed by atoms with Gasteiger partial charge in [-0.25, -0.2) is 0 Å². The number of hydrogen-bond donors (Lipinski definition) is 0. The van der Waals surface area contributed by atoms with Crippen molar-refractivity contribution in [3.63, 3.8) is 0 Å². The van der Waals surface area contributed by atoms with E-state index in [-0.39, 0.29) is 0 Å². The highest BCUT2D eigenvalue weighted by Crippen LogP contribution is 2.34. The fourth-order valence-corrected chi connectivity index (χ4v) is 3.77. The Morgan fingerprint density at radius 3 is 1.29 bits per heavy atom. The van der Waals surface area contributed by atoms with E-state index in [2.05, 4.69) is 72.2 Å². The topological polar surface area (TPSA) is 0 Å². The zero-order chi connectivity index (χ0) is 16.2. The molecule has 2 bridgehead atoms. The van der Waals surface area contributed by atoms with Crippen molar-refractivity contribution >= 4 is 21.5 Å². The maximum atomic E-state index is 3.20. The van der Waals surface area contributed by atoms with Crippen LogP contribution in [0.4, 0.5) is 0 Å². The predicted octanol–water partition coefficient (Wildman–Crippen LogP) is 5.66. The Balaban J connectivity index is 1.99. The summed E-state index contributed by atoms with van der Waals surface area (Å²) in [5.41, 5.74) is 2.96. The average molecular weight is 308 g/mol. The molecule has 3 aromatic carbocycles. The van der Waals surface area contributed by atoms with Crippen molar-refractivity contribution in [1.29, 1.82) is 0 Å². The molecule has 5 rings (SSSR count). The quantitative estimate of drug-likeness (QED) is 0.371. The van der Waals surface area contributed by atoms with E-state index in [9.17, 15) is 0 Å². The van der Waals surface area contributed by atoms with Gasteiger partial charge in [-0.15, -0.1) is 0 Å². The van der Waals surface area contributed by atoms with Gasteiger partial charge in [0.1, 0.15) is 0 Å². The first-order valence-corrected chi connectivity index (χ1v) is 8.82. The Bertz CT molecular complexity index is 875. The molecule has 0 unspecified atom stereocenters. The number of aryl methyl sites for hydroxylation is 2. The van der Waals surface area contributed by atoms with E-state index >= 15 is 0 Å². The molecule has 3 aromatic rings. The molecule has 2 aliphatic carbocycles. The lowest BCUT2D eigenvalue weighted by Gasteiger charge is -2.16. The maximum Gasteiger partial charge on any atom is 0.0102 e. The summed E-state index contributed by atoms with van der Waals surface area (Å²) >= 11 is 0. The lowest BCUT2D eigenvalue weighted by atomic mass is 9.87. The van der Waals surface area contributed by atoms with E-state index in [0.29, 0.717) is 0 Å². The van der Waals surface area contributed by atoms with E-state index < -0.39 is 0 Å². The van der Waals surface area contributed by atoms with Crippen molar-refractivity contribution in [1.82, 2.24) is 0 Å². The van der Waals surface area contributed by atoms with E-state index in [4.69, 9.17) is 0 Å². The van der Waals surface area contributed by atoms with Crippen LogP contribution in [0.25, 0.3) is 21.5 Å². The molecule has 0 nitrogen and oxygen atoms in total. The van der Waals surface area contributed by atoms with Gasteiger partial charge >= 0.3 is 0 Å². The van der Waals surface area contributed by atoms with Crippen molar-refractivity contribution in [2.75, 3.05) is 0 Å². The van der Waals surface area contributed by atoms with Gasteiger partial charge in [0.05, 0.1) is 0 Å². The lowest BCUT2D eigenvalue weighted by Crippen LogP contribution is -1.97. The summed E-state index contributed by atoms with van der Waals surface area (Å²) in [6.07, 6.45) is 6.15. The molecule has 0 heterocycles. The minimum Gasteiger partial charge on any atom is -0.0891 e. The van der Waals surface area contributed by atoms with Crippen molar-refractivity contribution < 1.29 is 0 Å². The second kappa shape index (κ2) is 6.82. The summed E-state index contributed by atoms with van der Waals surface area (Å²) in [7, 11) is 0. The molecule has 0 radical (unpaired) electrons. The van der Waals surface area contributed by atoms with Gasteiger partial charge in [-0.05, 0) is 70.2 Å². The van der Waals surface area contributed by atoms with Crippen molar-refractivity contribution in [2.45, 2.75) is 38.5 Å². The molecule has 0 aliphatic heterocycles. The standard InChI is InChI=1S/C24H20/c1-2-4-6-8-14-20-23-17-11-9-15-21(23)19(13-7-5-3-1)22-16-10-12-18-24(20)22/h9-12,15-18H,5-8,13-14H2. The maximum absolute atomic E-state index is 3.20. The third kappa shape index (κ3) is 2.77. The normalized spacial score (nSPS) is 14.5. The van der Waals surface area contributed by atoms with Gasteiger partial charge < -0.3 is 0 Å². The van der Waals surface area contributed by atoms with Gasteiger partial charge in [-0.1, -0.05) is 60.4 Å². The fourth-order valence-electron chi connectivity index (χ4n) is 3.77. The van der Waals surface area contributed by atoms with Crippen LogP contribution in [-0.4, -0.2) is 0 Å². The second-order valence-corrected chi connectivity index (χ2v) is 6.36. The first kappa shape index (κ1) is 14.9. The Morgan fingerprint density at radius 1 is 0.542 bits per heavy atom. The molecule has 0 atom stereocenters. The molecule has 0 amide bonds. The lowest BCUT2D eigenvalue weighted by molar-refractivity contribution is 0.860. The van der Waals surface area contributed by atoms with Crippen molar-refractivity contribution in [2.24, 2.45) is 0 Å². The van der Waals surface area contributed by atoms with Crippen molar-refractivity contribution in [3.05, 3.63) is 59.7 Å². The molecule has 24 heavy (non-hydrogen) atoms. The third-order valence-corrected chi connectivity index (χ3v) is 4.85. The van der Waals surface area contributed by atoms with Gasteiger partial charge in [-0.3, -0.25) is 0 Å². The van der Waals surface area contributed by atoms with Crippen LogP contribution in [0.1, 0.15) is 36.8 Å². The van der Waals surface area contributed by atoms with Gasteiger partial charge in [-0.2, -0.15) is 0 Å². The van der Waals surface area contributed by atoms with Crippen LogP contribution in [0.5, 0.6) is 0 Å². The van der Waals surface area contributed by atoms with Crippen LogP contribution in [0.15, 0.2) is 48.5 Å². The largest absolute Gasteiger partial charge is 0.0891 e. The van der Waals surface area contributed by atoms with E-state index in [0.717, 1.165) is 38.5 Å². The summed E-state index contributed by atoms with van der Waals surface area (Å²) in [5, 5.41) is 5.68. The summed E-state index contributed by atoms with van der Waals surface area (Å²) in [6, 6.07) is 17.8. The summed E-state index contributed by atoms with van der Waals surface area (Å²) in [5.74, 6) is 12.4. The molecule has 0 saturated carbocycles. The van der Waals surface area contributed by atoms with Crippen LogP contribution in [-0.2, 0) is 12.8 Å². The molecule has 0 saturated heterocycles. The Kier molecular flexibility index (Phi) is 4.22. The Hall–Kier alpha value is -2.70. The smallest absolute Gasteiger partial charge is 0.0102 e. The van der Waals surface area contributed by atoms with Gasteiger partial charge in [0.2, 0.25) is 0 Å². The van der Waals surface area contributed by atoms with Crippen LogP contribution in [0.2, 0.25) is 0 Å². The molecular formula is C24H20. The molecule has 0 aromatic heterocycles. The summed E-state index contributed by atoms with van der Waals surface area (Å²) < 4.78 is 0. The van der Waals surface area contributed by atoms with Crippen LogP contribution < -0.4 is 0 Å². The SMILES string of the molecule is C1#CCCCc2c3ccccc3c(c3ccccc23)CCCC#C1. The van der Waals surface area contributed by atoms with Gasteiger partial charge in [0.25, 0.3) is 0 Å². The first-order valence-electron chi connectivity index (χ1n) is 8.82. The number of fused-ring (bicyclic) bond motifs is 7. The van der Waals surface area contributed by atoms with Crippen LogP contribution >= 0.6 is 0 Å². The zero-order valence-electron chi connectivity index (χ0n) is 13.9. The molecule has 0 spiro atoms. The first-order chi connectivity index (χ1) is 11.9. The number of benzene rings is 3. The highest BCUT2D eigenvalue weighted by atomic mass is 14.2. The molecule has 116 valence electrons. The molecular weight excluding hydrogens is 288 g/mol. The average Bonchev–Trinajstić information content (AvgIpc) is 2.64. The Labute approximate surface area is 143 Å².